The van der Waals surface area contributed by atoms with Crippen LogP contribution in [0.25, 0.3) is 0 Å². The van der Waals surface area contributed by atoms with Crippen LogP contribution in [0.5, 0.6) is 5.75 Å². The van der Waals surface area contributed by atoms with Gasteiger partial charge in [0.05, 0.1) is 24.8 Å². The lowest BCUT2D eigenvalue weighted by Crippen LogP contribution is -2.14. The molecule has 0 fully saturated rings. The molecule has 78 valence electrons. The molecule has 0 spiro atoms. The molecule has 0 saturated carbocycles. The first-order valence-electron chi connectivity index (χ1n) is 4.30. The summed E-state index contributed by atoms with van der Waals surface area (Å²) < 4.78 is 5.11. The second-order valence-corrected chi connectivity index (χ2v) is 3.55. The second kappa shape index (κ2) is 4.64. The summed E-state index contributed by atoms with van der Waals surface area (Å²) >= 11 is 5.97. The van der Waals surface area contributed by atoms with Gasteiger partial charge in [-0.05, 0) is 24.1 Å². The van der Waals surface area contributed by atoms with Crippen molar-refractivity contribution < 1.29 is 9.84 Å². The van der Waals surface area contributed by atoms with Crippen LogP contribution in [0.3, 0.4) is 0 Å². The van der Waals surface area contributed by atoms with E-state index in [1.54, 1.807) is 13.2 Å². The van der Waals surface area contributed by atoms with Crippen LogP contribution in [-0.2, 0) is 0 Å². The Morgan fingerprint density at radius 3 is 2.64 bits per heavy atom. The van der Waals surface area contributed by atoms with Crippen LogP contribution in [0.15, 0.2) is 12.1 Å². The molecule has 3 N–H and O–H groups in total. The van der Waals surface area contributed by atoms with Crippen molar-refractivity contribution in [1.29, 1.82) is 0 Å². The SMILES string of the molecule is COc1c(C)cc(C(N)CO)cc1Cl. The predicted octanol–water partition coefficient (Wildman–Crippen LogP) is 1.65. The van der Waals surface area contributed by atoms with Gasteiger partial charge in [-0.2, -0.15) is 0 Å². The summed E-state index contributed by atoms with van der Waals surface area (Å²) in [6, 6.07) is 3.19. The van der Waals surface area contributed by atoms with E-state index in [4.69, 9.17) is 27.2 Å². The fourth-order valence-corrected chi connectivity index (χ4v) is 1.69. The topological polar surface area (TPSA) is 55.5 Å². The van der Waals surface area contributed by atoms with Crippen LogP contribution in [-0.4, -0.2) is 18.8 Å². The van der Waals surface area contributed by atoms with Gasteiger partial charge in [0.25, 0.3) is 0 Å². The van der Waals surface area contributed by atoms with Gasteiger partial charge in [0.1, 0.15) is 5.75 Å². The summed E-state index contributed by atoms with van der Waals surface area (Å²) in [5.41, 5.74) is 7.41. The van der Waals surface area contributed by atoms with Gasteiger partial charge in [-0.1, -0.05) is 17.7 Å². The standard InChI is InChI=1S/C10H14ClNO2/c1-6-3-7(9(12)5-13)4-8(11)10(6)14-2/h3-4,9,13H,5,12H2,1-2H3. The number of rotatable bonds is 3. The number of hydrogen-bond acceptors (Lipinski definition) is 3. The Kier molecular flexibility index (Phi) is 3.75. The highest BCUT2D eigenvalue weighted by Crippen LogP contribution is 2.30. The molecule has 0 heterocycles. The number of aliphatic hydroxyl groups is 1. The Morgan fingerprint density at radius 1 is 1.57 bits per heavy atom. The Hall–Kier alpha value is -0.770. The second-order valence-electron chi connectivity index (χ2n) is 3.14. The number of benzene rings is 1. The summed E-state index contributed by atoms with van der Waals surface area (Å²) in [6.07, 6.45) is 0. The molecule has 1 aromatic carbocycles. The Morgan fingerprint density at radius 2 is 2.21 bits per heavy atom. The van der Waals surface area contributed by atoms with Gasteiger partial charge in [0, 0.05) is 0 Å². The summed E-state index contributed by atoms with van der Waals surface area (Å²) in [5.74, 6) is 0.653. The van der Waals surface area contributed by atoms with E-state index in [0.29, 0.717) is 10.8 Å². The maximum atomic E-state index is 8.90. The quantitative estimate of drug-likeness (QED) is 0.806. The molecule has 0 aromatic heterocycles. The molecular weight excluding hydrogens is 202 g/mol. The molecule has 3 nitrogen and oxygen atoms in total. The highest BCUT2D eigenvalue weighted by Gasteiger charge is 2.10. The molecule has 0 aliphatic heterocycles. The number of aryl methyl sites for hydroxylation is 1. The zero-order valence-electron chi connectivity index (χ0n) is 8.25. The van der Waals surface area contributed by atoms with Gasteiger partial charge < -0.3 is 15.6 Å². The first-order valence-corrected chi connectivity index (χ1v) is 4.68. The van der Waals surface area contributed by atoms with Gasteiger partial charge in [-0.25, -0.2) is 0 Å². The highest BCUT2D eigenvalue weighted by atomic mass is 35.5. The van der Waals surface area contributed by atoms with E-state index in [1.807, 2.05) is 13.0 Å². The molecule has 14 heavy (non-hydrogen) atoms. The fourth-order valence-electron chi connectivity index (χ4n) is 1.34. The molecule has 0 amide bonds. The van der Waals surface area contributed by atoms with Gasteiger partial charge in [-0.3, -0.25) is 0 Å². The minimum absolute atomic E-state index is 0.0951. The third-order valence-corrected chi connectivity index (χ3v) is 2.36. The summed E-state index contributed by atoms with van der Waals surface area (Å²) in [5, 5.41) is 9.42. The summed E-state index contributed by atoms with van der Waals surface area (Å²) in [6.45, 7) is 1.79. The zero-order valence-corrected chi connectivity index (χ0v) is 9.01. The molecule has 0 aliphatic rings. The maximum absolute atomic E-state index is 8.90. The average Bonchev–Trinajstić information content (AvgIpc) is 2.16. The Balaban J connectivity index is 3.13. The number of hydrogen-bond donors (Lipinski definition) is 2. The van der Waals surface area contributed by atoms with E-state index < -0.39 is 6.04 Å². The van der Waals surface area contributed by atoms with Crippen molar-refractivity contribution in [1.82, 2.24) is 0 Å². The first kappa shape index (κ1) is 11.3. The highest BCUT2D eigenvalue weighted by molar-refractivity contribution is 6.32. The average molecular weight is 216 g/mol. The van der Waals surface area contributed by atoms with Gasteiger partial charge in [-0.15, -0.1) is 0 Å². The lowest BCUT2D eigenvalue weighted by molar-refractivity contribution is 0.268. The molecule has 0 radical (unpaired) electrons. The van der Waals surface area contributed by atoms with Crippen LogP contribution in [0.1, 0.15) is 17.2 Å². The monoisotopic (exact) mass is 215 g/mol. The third-order valence-electron chi connectivity index (χ3n) is 2.08. The van der Waals surface area contributed by atoms with Crippen molar-refractivity contribution in [2.45, 2.75) is 13.0 Å². The van der Waals surface area contributed by atoms with Crippen molar-refractivity contribution >= 4 is 11.6 Å². The Labute approximate surface area is 88.4 Å². The molecule has 0 bridgehead atoms. The lowest BCUT2D eigenvalue weighted by Gasteiger charge is -2.13. The molecular formula is C10H14ClNO2. The van der Waals surface area contributed by atoms with Gasteiger partial charge in [0.2, 0.25) is 0 Å². The third kappa shape index (κ3) is 2.18. The molecule has 4 heteroatoms. The van der Waals surface area contributed by atoms with Crippen LogP contribution in [0.4, 0.5) is 0 Å². The number of nitrogens with two attached hydrogens (primary N) is 1. The van der Waals surface area contributed by atoms with E-state index in [9.17, 15) is 0 Å². The molecule has 0 saturated heterocycles. The van der Waals surface area contributed by atoms with Crippen molar-refractivity contribution in [2.75, 3.05) is 13.7 Å². The van der Waals surface area contributed by atoms with Crippen LogP contribution in [0.2, 0.25) is 5.02 Å². The normalized spacial score (nSPS) is 12.6. The van der Waals surface area contributed by atoms with Crippen molar-refractivity contribution in [2.24, 2.45) is 5.73 Å². The van der Waals surface area contributed by atoms with E-state index in [-0.39, 0.29) is 6.61 Å². The summed E-state index contributed by atoms with van der Waals surface area (Å²) in [7, 11) is 1.57. The maximum Gasteiger partial charge on any atom is 0.140 e. The number of aliphatic hydroxyl groups excluding tert-OH is 1. The van der Waals surface area contributed by atoms with Crippen molar-refractivity contribution in [3.05, 3.63) is 28.3 Å². The molecule has 1 aromatic rings. The van der Waals surface area contributed by atoms with Crippen molar-refractivity contribution in [3.63, 3.8) is 0 Å². The Bertz CT molecular complexity index is 305. The smallest absolute Gasteiger partial charge is 0.140 e. The van der Waals surface area contributed by atoms with Gasteiger partial charge >= 0.3 is 0 Å². The lowest BCUT2D eigenvalue weighted by atomic mass is 10.1. The molecule has 1 rings (SSSR count). The van der Waals surface area contributed by atoms with Gasteiger partial charge in [0.15, 0.2) is 0 Å². The summed E-state index contributed by atoms with van der Waals surface area (Å²) in [4.78, 5) is 0. The largest absolute Gasteiger partial charge is 0.495 e. The number of methoxy groups -OCH3 is 1. The van der Waals surface area contributed by atoms with Crippen LogP contribution >= 0.6 is 11.6 Å². The number of halogens is 1. The van der Waals surface area contributed by atoms with E-state index in [0.717, 1.165) is 11.1 Å². The van der Waals surface area contributed by atoms with E-state index in [2.05, 4.69) is 0 Å². The molecule has 1 unspecified atom stereocenters. The van der Waals surface area contributed by atoms with E-state index in [1.165, 1.54) is 0 Å². The van der Waals surface area contributed by atoms with Crippen LogP contribution in [0, 0.1) is 6.92 Å². The molecule has 1 atom stereocenters. The van der Waals surface area contributed by atoms with E-state index >= 15 is 0 Å². The fraction of sp³-hybridized carbons (Fsp3) is 0.400. The van der Waals surface area contributed by atoms with Crippen LogP contribution < -0.4 is 10.5 Å². The minimum Gasteiger partial charge on any atom is -0.495 e. The van der Waals surface area contributed by atoms with Crippen molar-refractivity contribution in [3.8, 4) is 5.75 Å². The first-order chi connectivity index (χ1) is 6.60. The predicted molar refractivity (Wildman–Crippen MR) is 56.8 cm³/mol. The number of ether oxygens (including phenoxy) is 1. The minimum atomic E-state index is -0.392. The molecule has 0 aliphatic carbocycles. The zero-order chi connectivity index (χ0) is 10.7.